The number of imide groups is 2. The van der Waals surface area contributed by atoms with Crippen molar-refractivity contribution in [3.8, 4) is 0 Å². The lowest BCUT2D eigenvalue weighted by molar-refractivity contribution is -0.136. The molecule has 12 heteroatoms. The fraction of sp³-hybridized carbons (Fsp3) is 0.500. The summed E-state index contributed by atoms with van der Waals surface area (Å²) in [6.45, 7) is 3.07. The fourth-order valence-corrected chi connectivity index (χ4v) is 4.36. The van der Waals surface area contributed by atoms with Crippen LogP contribution in [-0.2, 0) is 38.4 Å². The minimum absolute atomic E-state index is 0.0931. The number of benzene rings is 1. The lowest BCUT2D eigenvalue weighted by Crippen LogP contribution is -2.54. The zero-order valence-corrected chi connectivity index (χ0v) is 20.0. The van der Waals surface area contributed by atoms with E-state index in [1.54, 1.807) is 18.3 Å². The molecule has 0 spiro atoms. The zero-order chi connectivity index (χ0) is 25.5. The monoisotopic (exact) mass is 498 g/mol. The number of nitrogens with one attached hydrogen (secondary N) is 1. The highest BCUT2D eigenvalue weighted by molar-refractivity contribution is 6.23. The molecule has 1 aromatic carbocycles. The largest absolute Gasteiger partial charge is 0.378 e. The van der Waals surface area contributed by atoms with Crippen LogP contribution in [0.2, 0.25) is 0 Å². The van der Waals surface area contributed by atoms with Crippen molar-refractivity contribution in [1.82, 2.24) is 25.2 Å². The normalized spacial score (nSPS) is 17.6. The van der Waals surface area contributed by atoms with Gasteiger partial charge in [0.05, 0.1) is 56.0 Å². The molecule has 192 valence electrons. The molecule has 0 bridgehead atoms. The van der Waals surface area contributed by atoms with Crippen molar-refractivity contribution in [3.05, 3.63) is 46.8 Å². The van der Waals surface area contributed by atoms with Gasteiger partial charge in [-0.3, -0.25) is 29.4 Å². The number of hydrogen-bond donors (Lipinski definition) is 2. The molecule has 0 saturated carbocycles. The van der Waals surface area contributed by atoms with E-state index in [9.17, 15) is 19.2 Å². The van der Waals surface area contributed by atoms with Gasteiger partial charge >= 0.3 is 0 Å². The van der Waals surface area contributed by atoms with Gasteiger partial charge in [-0.15, -0.1) is 5.10 Å². The third-order valence-electron chi connectivity index (χ3n) is 6.18. The molecule has 0 radical (unpaired) electrons. The number of aromatic nitrogens is 3. The second kappa shape index (κ2) is 12.0. The van der Waals surface area contributed by atoms with Gasteiger partial charge in [0.2, 0.25) is 11.8 Å². The van der Waals surface area contributed by atoms with Crippen LogP contribution < -0.4 is 11.1 Å². The van der Waals surface area contributed by atoms with E-state index in [2.05, 4.69) is 15.6 Å². The molecule has 1 atom stereocenters. The number of piperidine rings is 1. The van der Waals surface area contributed by atoms with Gasteiger partial charge in [-0.1, -0.05) is 11.3 Å². The highest BCUT2D eigenvalue weighted by Gasteiger charge is 2.44. The van der Waals surface area contributed by atoms with Crippen LogP contribution in [0.3, 0.4) is 0 Å². The van der Waals surface area contributed by atoms with Crippen molar-refractivity contribution < 1.29 is 28.7 Å². The fourth-order valence-electron chi connectivity index (χ4n) is 4.36. The molecular formula is C24H30N6O6. The Balaban J connectivity index is 1.28. The summed E-state index contributed by atoms with van der Waals surface area (Å²) < 4.78 is 12.6. The van der Waals surface area contributed by atoms with Crippen LogP contribution in [0.15, 0.2) is 24.4 Å². The van der Waals surface area contributed by atoms with E-state index in [1.807, 2.05) is 10.7 Å². The predicted molar refractivity (Wildman–Crippen MR) is 126 cm³/mol. The third kappa shape index (κ3) is 5.83. The molecule has 1 fully saturated rings. The Bertz CT molecular complexity index is 1130. The number of nitrogens with two attached hydrogens (primary N) is 1. The van der Waals surface area contributed by atoms with Crippen LogP contribution in [0.4, 0.5) is 0 Å². The lowest BCUT2D eigenvalue weighted by Gasteiger charge is -2.27. The summed E-state index contributed by atoms with van der Waals surface area (Å²) in [7, 11) is 0. The quantitative estimate of drug-likeness (QED) is 0.283. The Morgan fingerprint density at radius 2 is 1.78 bits per heavy atom. The van der Waals surface area contributed by atoms with E-state index < -0.39 is 29.7 Å². The van der Waals surface area contributed by atoms with Gasteiger partial charge in [0.15, 0.2) is 0 Å². The second-order valence-electron chi connectivity index (χ2n) is 8.64. The molecule has 1 saturated heterocycles. The van der Waals surface area contributed by atoms with Crippen molar-refractivity contribution in [2.24, 2.45) is 5.73 Å². The molecule has 1 aromatic heterocycles. The first-order valence-electron chi connectivity index (χ1n) is 12.1. The van der Waals surface area contributed by atoms with Crippen LogP contribution in [0.1, 0.15) is 51.2 Å². The molecule has 0 aliphatic carbocycles. The summed E-state index contributed by atoms with van der Waals surface area (Å²) in [6, 6.07) is 4.22. The number of fused-ring (bicyclic) bond motifs is 1. The molecule has 4 rings (SSSR count). The Kier molecular flexibility index (Phi) is 8.52. The number of nitrogens with zero attached hydrogens (tertiary/aromatic N) is 4. The summed E-state index contributed by atoms with van der Waals surface area (Å²) in [4.78, 5) is 50.4. The minimum Gasteiger partial charge on any atom is -0.378 e. The zero-order valence-electron chi connectivity index (χ0n) is 20.0. The first-order chi connectivity index (χ1) is 17.5. The number of carbonyl (C=O) groups is 4. The summed E-state index contributed by atoms with van der Waals surface area (Å²) in [5.74, 6) is -2.01. The average molecular weight is 499 g/mol. The highest BCUT2D eigenvalue weighted by atomic mass is 16.5. The smallest absolute Gasteiger partial charge is 0.262 e. The summed E-state index contributed by atoms with van der Waals surface area (Å²) in [5, 5.41) is 10.3. The number of hydrogen-bond acceptors (Lipinski definition) is 9. The Morgan fingerprint density at radius 3 is 2.56 bits per heavy atom. The maximum atomic E-state index is 13.0. The van der Waals surface area contributed by atoms with Crippen molar-refractivity contribution in [3.63, 3.8) is 0 Å². The van der Waals surface area contributed by atoms with Crippen molar-refractivity contribution in [2.45, 2.75) is 44.7 Å². The molecule has 1 unspecified atom stereocenters. The van der Waals surface area contributed by atoms with Crippen LogP contribution in [-0.4, -0.2) is 82.5 Å². The van der Waals surface area contributed by atoms with Crippen molar-refractivity contribution in [1.29, 1.82) is 0 Å². The van der Waals surface area contributed by atoms with Crippen LogP contribution in [0.5, 0.6) is 0 Å². The Morgan fingerprint density at radius 1 is 1.00 bits per heavy atom. The third-order valence-corrected chi connectivity index (χ3v) is 6.18. The molecular weight excluding hydrogens is 468 g/mol. The number of rotatable bonds is 13. The van der Waals surface area contributed by atoms with Gasteiger partial charge in [0.1, 0.15) is 6.04 Å². The predicted octanol–water partition coefficient (Wildman–Crippen LogP) is -0.153. The SMILES string of the molecule is NCCOCCOCCn1nncc1CCCc1ccc2c(c1)C(=O)N(C1CCC(=O)NC1=O)C2=O. The Labute approximate surface area is 208 Å². The van der Waals surface area contributed by atoms with E-state index >= 15 is 0 Å². The van der Waals surface area contributed by atoms with E-state index in [-0.39, 0.29) is 18.4 Å². The number of aryl methyl sites for hydroxylation is 2. The van der Waals surface area contributed by atoms with Crippen LogP contribution >= 0.6 is 0 Å². The minimum atomic E-state index is -0.964. The first-order valence-corrected chi connectivity index (χ1v) is 12.1. The van der Waals surface area contributed by atoms with Crippen molar-refractivity contribution >= 4 is 23.6 Å². The lowest BCUT2D eigenvalue weighted by atomic mass is 10.0. The standard InChI is InChI=1S/C24H30N6O6/c25-8-10-35-12-13-36-11-9-29-17(15-26-28-29)3-1-2-16-4-5-18-19(14-16)24(34)30(23(18)33)20-6-7-21(31)27-22(20)32/h4-5,14-15,20H,1-3,6-13,25H2,(H,27,31,32). The second-order valence-corrected chi connectivity index (χ2v) is 8.64. The number of ether oxygens (including phenoxy) is 2. The summed E-state index contributed by atoms with van der Waals surface area (Å²) >= 11 is 0. The van der Waals surface area contributed by atoms with E-state index in [4.69, 9.17) is 15.2 Å². The molecule has 2 aliphatic rings. The van der Waals surface area contributed by atoms with Gasteiger partial charge in [0, 0.05) is 13.0 Å². The number of amides is 4. The molecule has 36 heavy (non-hydrogen) atoms. The van der Waals surface area contributed by atoms with Crippen LogP contribution in [0.25, 0.3) is 0 Å². The van der Waals surface area contributed by atoms with Gasteiger partial charge in [-0.2, -0.15) is 0 Å². The van der Waals surface area contributed by atoms with E-state index in [0.29, 0.717) is 51.5 Å². The van der Waals surface area contributed by atoms with E-state index in [0.717, 1.165) is 29.0 Å². The molecule has 3 heterocycles. The maximum absolute atomic E-state index is 13.0. The van der Waals surface area contributed by atoms with E-state index in [1.165, 1.54) is 0 Å². The van der Waals surface area contributed by atoms with Gasteiger partial charge in [0.25, 0.3) is 11.8 Å². The maximum Gasteiger partial charge on any atom is 0.262 e. The van der Waals surface area contributed by atoms with Crippen LogP contribution in [0, 0.1) is 0 Å². The summed E-state index contributed by atoms with van der Waals surface area (Å²) in [5.41, 5.74) is 7.84. The molecule has 3 N–H and O–H groups in total. The summed E-state index contributed by atoms with van der Waals surface area (Å²) in [6.07, 6.45) is 4.17. The molecule has 4 amide bonds. The molecule has 2 aromatic rings. The van der Waals surface area contributed by atoms with Crippen molar-refractivity contribution in [2.75, 3.05) is 33.0 Å². The first kappa shape index (κ1) is 25.6. The topological polar surface area (TPSA) is 159 Å². The van der Waals surface area contributed by atoms with Gasteiger partial charge < -0.3 is 15.2 Å². The highest BCUT2D eigenvalue weighted by Crippen LogP contribution is 2.28. The molecule has 2 aliphatic heterocycles. The van der Waals surface area contributed by atoms with Gasteiger partial charge in [-0.05, 0) is 43.4 Å². The Hall–Kier alpha value is -3.48. The average Bonchev–Trinajstić information content (AvgIpc) is 3.41. The molecule has 12 nitrogen and oxygen atoms in total. The van der Waals surface area contributed by atoms with Gasteiger partial charge in [-0.25, -0.2) is 4.68 Å². The number of carbonyl (C=O) groups excluding carboxylic acids is 4.